The number of halogens is 3. The van der Waals surface area contributed by atoms with Crippen LogP contribution in [0.1, 0.15) is 0 Å². The van der Waals surface area contributed by atoms with Crippen LogP contribution in [0, 0.1) is 0 Å². The average Bonchev–Trinajstić information content (AvgIpc) is 2.08. The molecule has 0 atom stereocenters. The molecule has 0 fully saturated rings. The molecular weight excluding hydrogens is 221 g/mol. The summed E-state index contributed by atoms with van der Waals surface area (Å²) in [7, 11) is 0. The van der Waals surface area contributed by atoms with Gasteiger partial charge < -0.3 is 4.84 Å². The molecule has 1 heterocycles. The number of aromatic amines is 1. The molecule has 1 N–H and O–H groups in total. The van der Waals surface area contributed by atoms with Gasteiger partial charge in [-0.25, -0.2) is 9.59 Å². The summed E-state index contributed by atoms with van der Waals surface area (Å²) < 4.78 is 35.0. The summed E-state index contributed by atoms with van der Waals surface area (Å²) in [5.41, 5.74) is -2.10. The number of hydrogen-bond acceptors (Lipinski definition) is 4. The van der Waals surface area contributed by atoms with Crippen molar-refractivity contribution in [1.29, 1.82) is 0 Å². The SMILES string of the molecule is O=C(On1ccc(=O)[nH]c1=O)C(F)(F)F. The predicted molar refractivity (Wildman–Crippen MR) is 39.0 cm³/mol. The van der Waals surface area contributed by atoms with Crippen LogP contribution in [0.25, 0.3) is 0 Å². The van der Waals surface area contributed by atoms with Crippen molar-refractivity contribution in [3.05, 3.63) is 33.1 Å². The smallest absolute Gasteiger partial charge is 0.323 e. The first-order valence-electron chi connectivity index (χ1n) is 3.42. The largest absolute Gasteiger partial charge is 0.493 e. The van der Waals surface area contributed by atoms with E-state index in [4.69, 9.17) is 0 Å². The van der Waals surface area contributed by atoms with Gasteiger partial charge in [-0.1, -0.05) is 0 Å². The molecule has 0 aromatic carbocycles. The number of carbonyl (C=O) groups is 1. The first-order valence-corrected chi connectivity index (χ1v) is 3.42. The minimum Gasteiger partial charge on any atom is -0.323 e. The molecule has 0 aliphatic carbocycles. The van der Waals surface area contributed by atoms with Crippen LogP contribution in [0.2, 0.25) is 0 Å². The quantitative estimate of drug-likeness (QED) is 0.667. The molecule has 0 spiro atoms. The Morgan fingerprint density at radius 1 is 1.40 bits per heavy atom. The third-order valence-corrected chi connectivity index (χ3v) is 1.20. The highest BCUT2D eigenvalue weighted by molar-refractivity contribution is 5.75. The fourth-order valence-corrected chi connectivity index (χ4v) is 0.618. The van der Waals surface area contributed by atoms with Gasteiger partial charge in [0.1, 0.15) is 0 Å². The number of nitrogens with one attached hydrogen (secondary N) is 1. The highest BCUT2D eigenvalue weighted by Crippen LogP contribution is 2.14. The molecule has 15 heavy (non-hydrogen) atoms. The lowest BCUT2D eigenvalue weighted by Gasteiger charge is -2.06. The highest BCUT2D eigenvalue weighted by Gasteiger charge is 2.42. The summed E-state index contributed by atoms with van der Waals surface area (Å²) in [6.07, 6.45) is -4.61. The van der Waals surface area contributed by atoms with Gasteiger partial charge in [-0.05, 0) is 0 Å². The summed E-state index contributed by atoms with van der Waals surface area (Å²) in [5, 5.41) is 0. The highest BCUT2D eigenvalue weighted by atomic mass is 19.4. The first-order chi connectivity index (χ1) is 6.80. The summed E-state index contributed by atoms with van der Waals surface area (Å²) >= 11 is 0. The first kappa shape index (κ1) is 11.0. The summed E-state index contributed by atoms with van der Waals surface area (Å²) in [4.78, 5) is 36.8. The summed E-state index contributed by atoms with van der Waals surface area (Å²) in [6, 6.07) is 0.727. The van der Waals surface area contributed by atoms with Crippen LogP contribution >= 0.6 is 0 Å². The lowest BCUT2D eigenvalue weighted by atomic mass is 10.6. The van der Waals surface area contributed by atoms with Crippen molar-refractivity contribution in [3.8, 4) is 0 Å². The van der Waals surface area contributed by atoms with Crippen molar-refractivity contribution < 1.29 is 22.8 Å². The number of H-pyrrole nitrogens is 1. The van der Waals surface area contributed by atoms with E-state index < -0.39 is 23.4 Å². The zero-order valence-electron chi connectivity index (χ0n) is 6.87. The van der Waals surface area contributed by atoms with Crippen LogP contribution in [0.15, 0.2) is 21.9 Å². The van der Waals surface area contributed by atoms with E-state index in [1.54, 1.807) is 4.98 Å². The molecule has 1 aromatic rings. The van der Waals surface area contributed by atoms with Gasteiger partial charge in [0, 0.05) is 6.07 Å². The third kappa shape index (κ3) is 2.69. The lowest BCUT2D eigenvalue weighted by molar-refractivity contribution is -0.200. The van der Waals surface area contributed by atoms with Gasteiger partial charge in [0.05, 0.1) is 6.20 Å². The topological polar surface area (TPSA) is 81.2 Å². The lowest BCUT2D eigenvalue weighted by Crippen LogP contribution is -2.40. The maximum absolute atomic E-state index is 11.7. The van der Waals surface area contributed by atoms with E-state index in [9.17, 15) is 27.6 Å². The standard InChI is InChI=1S/C6H3F3N2O4/c7-6(8,9)4(13)15-11-2-1-3(12)10-5(11)14/h1-2H,(H,10,12,14). The monoisotopic (exact) mass is 224 g/mol. The maximum atomic E-state index is 11.7. The average molecular weight is 224 g/mol. The Bertz CT molecular complexity index is 486. The molecule has 0 saturated heterocycles. The van der Waals surface area contributed by atoms with Gasteiger partial charge >= 0.3 is 17.8 Å². The number of aromatic nitrogens is 2. The van der Waals surface area contributed by atoms with Gasteiger partial charge in [0.25, 0.3) is 5.56 Å². The molecule has 1 aromatic heterocycles. The molecule has 0 saturated carbocycles. The van der Waals surface area contributed by atoms with E-state index in [1.165, 1.54) is 0 Å². The minimum absolute atomic E-state index is 0.0305. The van der Waals surface area contributed by atoms with Crippen LogP contribution < -0.4 is 16.1 Å². The Kier molecular flexibility index (Phi) is 2.64. The van der Waals surface area contributed by atoms with Gasteiger partial charge in [0.2, 0.25) is 0 Å². The molecule has 1 rings (SSSR count). The van der Waals surface area contributed by atoms with Crippen LogP contribution in [-0.4, -0.2) is 21.9 Å². The molecule has 0 unspecified atom stereocenters. The van der Waals surface area contributed by atoms with E-state index in [1.807, 2.05) is 0 Å². The van der Waals surface area contributed by atoms with E-state index >= 15 is 0 Å². The van der Waals surface area contributed by atoms with Crippen molar-refractivity contribution in [3.63, 3.8) is 0 Å². The van der Waals surface area contributed by atoms with Crippen LogP contribution in [0.4, 0.5) is 13.2 Å². The van der Waals surface area contributed by atoms with Gasteiger partial charge in [0.15, 0.2) is 0 Å². The van der Waals surface area contributed by atoms with Crippen molar-refractivity contribution in [2.24, 2.45) is 0 Å². The van der Waals surface area contributed by atoms with Crippen molar-refractivity contribution in [2.45, 2.75) is 6.18 Å². The second-order valence-electron chi connectivity index (χ2n) is 2.31. The molecule has 82 valence electrons. The normalized spacial score (nSPS) is 11.1. The van der Waals surface area contributed by atoms with Crippen molar-refractivity contribution >= 4 is 5.97 Å². The van der Waals surface area contributed by atoms with Crippen LogP contribution in [0.3, 0.4) is 0 Å². The van der Waals surface area contributed by atoms with E-state index in [0.717, 1.165) is 6.07 Å². The Balaban J connectivity index is 2.97. The molecule has 9 heteroatoms. The molecule has 0 bridgehead atoms. The summed E-state index contributed by atoms with van der Waals surface area (Å²) in [6.45, 7) is 0. The zero-order valence-corrected chi connectivity index (χ0v) is 6.87. The molecule has 0 amide bonds. The number of carbonyl (C=O) groups excluding carboxylic acids is 1. The van der Waals surface area contributed by atoms with Crippen molar-refractivity contribution in [1.82, 2.24) is 9.71 Å². The van der Waals surface area contributed by atoms with E-state index in [0.29, 0.717) is 6.20 Å². The van der Waals surface area contributed by atoms with Crippen molar-refractivity contribution in [2.75, 3.05) is 0 Å². The van der Waals surface area contributed by atoms with Gasteiger partial charge in [-0.2, -0.15) is 13.2 Å². The number of nitrogens with zero attached hydrogens (tertiary/aromatic N) is 1. The third-order valence-electron chi connectivity index (χ3n) is 1.20. The summed E-state index contributed by atoms with van der Waals surface area (Å²) in [5.74, 6) is -2.56. The second-order valence-corrected chi connectivity index (χ2v) is 2.31. The molecule has 6 nitrogen and oxygen atoms in total. The Morgan fingerprint density at radius 3 is 2.47 bits per heavy atom. The van der Waals surface area contributed by atoms with Gasteiger partial charge in [-0.15, -0.1) is 4.73 Å². The number of hydrogen-bond donors (Lipinski definition) is 1. The Morgan fingerprint density at radius 2 is 2.00 bits per heavy atom. The number of alkyl halides is 3. The second kappa shape index (κ2) is 3.59. The van der Waals surface area contributed by atoms with Crippen LogP contribution in [0.5, 0.6) is 0 Å². The van der Waals surface area contributed by atoms with Gasteiger partial charge in [-0.3, -0.25) is 9.78 Å². The molecular formula is C6H3F3N2O4. The molecule has 0 aliphatic heterocycles. The van der Waals surface area contributed by atoms with E-state index in [-0.39, 0.29) is 4.73 Å². The fraction of sp³-hybridized carbons (Fsp3) is 0.167. The minimum atomic E-state index is -5.21. The predicted octanol–water partition coefficient (Wildman–Crippen LogP) is -0.946. The Labute approximate surface area is 78.9 Å². The number of rotatable bonds is 1. The molecule has 0 radical (unpaired) electrons. The Hall–Kier alpha value is -2.06. The van der Waals surface area contributed by atoms with Crippen LogP contribution in [-0.2, 0) is 4.79 Å². The molecule has 0 aliphatic rings. The van der Waals surface area contributed by atoms with E-state index in [2.05, 4.69) is 4.84 Å². The fourth-order valence-electron chi connectivity index (χ4n) is 0.618. The zero-order chi connectivity index (χ0) is 11.6. The maximum Gasteiger partial charge on any atom is 0.493 e.